The predicted molar refractivity (Wildman–Crippen MR) is 110 cm³/mol. The van der Waals surface area contributed by atoms with Crippen LogP contribution in [0.4, 0.5) is 0 Å². The molecule has 0 aliphatic carbocycles. The van der Waals surface area contributed by atoms with Crippen molar-refractivity contribution in [3.8, 4) is 0 Å². The van der Waals surface area contributed by atoms with Crippen LogP contribution < -0.4 is 0 Å². The van der Waals surface area contributed by atoms with Gasteiger partial charge in [0.2, 0.25) is 6.10 Å². The number of morpholine rings is 1. The number of benzene rings is 3. The molecule has 1 saturated heterocycles. The van der Waals surface area contributed by atoms with Crippen LogP contribution in [0.5, 0.6) is 0 Å². The third kappa shape index (κ3) is 4.46. The Labute approximate surface area is 169 Å². The minimum Gasteiger partial charge on any atom is -0.447 e. The molecule has 1 atom stereocenters. The van der Waals surface area contributed by atoms with Crippen molar-refractivity contribution >= 4 is 22.6 Å². The van der Waals surface area contributed by atoms with Gasteiger partial charge in [-0.15, -0.1) is 0 Å². The molecule has 0 aromatic heterocycles. The first-order chi connectivity index (χ1) is 14.2. The Morgan fingerprint density at radius 2 is 1.59 bits per heavy atom. The number of esters is 1. The van der Waals surface area contributed by atoms with E-state index < -0.39 is 12.1 Å². The lowest BCUT2D eigenvalue weighted by Crippen LogP contribution is -2.44. The fourth-order valence-corrected chi connectivity index (χ4v) is 3.61. The molecule has 148 valence electrons. The van der Waals surface area contributed by atoms with Crippen LogP contribution in [0.15, 0.2) is 72.8 Å². The molecule has 0 N–H and O–H groups in total. The van der Waals surface area contributed by atoms with E-state index in [1.807, 2.05) is 72.8 Å². The molecule has 3 aromatic rings. The van der Waals surface area contributed by atoms with Crippen LogP contribution in [0.2, 0.25) is 0 Å². The lowest BCUT2D eigenvalue weighted by molar-refractivity contribution is -0.162. The van der Waals surface area contributed by atoms with Crippen molar-refractivity contribution < 1.29 is 19.1 Å². The zero-order chi connectivity index (χ0) is 20.1. The zero-order valence-electron chi connectivity index (χ0n) is 16.1. The zero-order valence-corrected chi connectivity index (χ0v) is 16.1. The van der Waals surface area contributed by atoms with Crippen LogP contribution in [0, 0.1) is 0 Å². The summed E-state index contributed by atoms with van der Waals surface area (Å²) in [4.78, 5) is 27.6. The maximum Gasteiger partial charge on any atom is 0.311 e. The highest BCUT2D eigenvalue weighted by Crippen LogP contribution is 2.24. The molecule has 1 aliphatic heterocycles. The third-order valence-corrected chi connectivity index (χ3v) is 5.11. The molecule has 0 saturated carbocycles. The van der Waals surface area contributed by atoms with Gasteiger partial charge in [0.25, 0.3) is 5.91 Å². The number of hydrogen-bond donors (Lipinski definition) is 0. The lowest BCUT2D eigenvalue weighted by Gasteiger charge is -2.30. The fourth-order valence-electron chi connectivity index (χ4n) is 3.61. The van der Waals surface area contributed by atoms with Crippen molar-refractivity contribution in [1.29, 1.82) is 0 Å². The summed E-state index contributed by atoms with van der Waals surface area (Å²) in [5.74, 6) is -0.623. The number of hydrogen-bond acceptors (Lipinski definition) is 4. The molecule has 5 nitrogen and oxygen atoms in total. The van der Waals surface area contributed by atoms with Crippen LogP contribution in [-0.4, -0.2) is 43.1 Å². The van der Waals surface area contributed by atoms with Gasteiger partial charge in [0.15, 0.2) is 0 Å². The van der Waals surface area contributed by atoms with Crippen molar-refractivity contribution in [2.75, 3.05) is 26.3 Å². The molecule has 1 fully saturated rings. The van der Waals surface area contributed by atoms with Gasteiger partial charge in [0, 0.05) is 18.7 Å². The number of nitrogens with zero attached hydrogens (tertiary/aromatic N) is 1. The van der Waals surface area contributed by atoms with E-state index in [-0.39, 0.29) is 12.3 Å². The summed E-state index contributed by atoms with van der Waals surface area (Å²) >= 11 is 0. The van der Waals surface area contributed by atoms with Crippen molar-refractivity contribution in [1.82, 2.24) is 4.90 Å². The molecule has 3 aromatic carbocycles. The Morgan fingerprint density at radius 3 is 2.38 bits per heavy atom. The number of amides is 1. The number of carbonyl (C=O) groups excluding carboxylic acids is 2. The summed E-state index contributed by atoms with van der Waals surface area (Å²) in [5, 5.41) is 2.09. The van der Waals surface area contributed by atoms with Crippen LogP contribution in [-0.2, 0) is 25.5 Å². The maximum atomic E-state index is 13.1. The predicted octanol–water partition coefficient (Wildman–Crippen LogP) is 3.53. The largest absolute Gasteiger partial charge is 0.447 e. The molecule has 1 aliphatic rings. The van der Waals surface area contributed by atoms with Gasteiger partial charge in [-0.3, -0.25) is 9.59 Å². The first kappa shape index (κ1) is 19.2. The van der Waals surface area contributed by atoms with Crippen LogP contribution in [0.25, 0.3) is 10.8 Å². The molecular weight excluding hydrogens is 366 g/mol. The summed E-state index contributed by atoms with van der Waals surface area (Å²) in [5.41, 5.74) is 1.56. The highest BCUT2D eigenvalue weighted by Gasteiger charge is 2.30. The molecule has 1 amide bonds. The van der Waals surface area contributed by atoms with Gasteiger partial charge in [-0.2, -0.15) is 0 Å². The summed E-state index contributed by atoms with van der Waals surface area (Å²) in [6.07, 6.45) is -0.835. The Bertz CT molecular complexity index is 991. The van der Waals surface area contributed by atoms with Gasteiger partial charge in [0.05, 0.1) is 19.6 Å². The quantitative estimate of drug-likeness (QED) is 0.627. The highest BCUT2D eigenvalue weighted by molar-refractivity contribution is 5.90. The molecule has 0 spiro atoms. The minimum atomic E-state index is -0.947. The van der Waals surface area contributed by atoms with Crippen molar-refractivity contribution in [3.63, 3.8) is 0 Å². The van der Waals surface area contributed by atoms with E-state index in [2.05, 4.69) is 0 Å². The number of carbonyl (C=O) groups is 2. The van der Waals surface area contributed by atoms with E-state index in [0.29, 0.717) is 31.9 Å². The normalized spacial score (nSPS) is 15.1. The molecule has 0 radical (unpaired) electrons. The van der Waals surface area contributed by atoms with E-state index in [4.69, 9.17) is 9.47 Å². The average molecular weight is 389 g/mol. The van der Waals surface area contributed by atoms with Crippen molar-refractivity contribution in [3.05, 3.63) is 83.9 Å². The summed E-state index contributed by atoms with van der Waals surface area (Å²) < 4.78 is 11.1. The molecular formula is C24H23NO4. The molecule has 0 bridgehead atoms. The van der Waals surface area contributed by atoms with E-state index in [9.17, 15) is 9.59 Å². The van der Waals surface area contributed by atoms with Crippen molar-refractivity contribution in [2.24, 2.45) is 0 Å². The monoisotopic (exact) mass is 389 g/mol. The second-order valence-corrected chi connectivity index (χ2v) is 7.03. The summed E-state index contributed by atoms with van der Waals surface area (Å²) in [7, 11) is 0. The topological polar surface area (TPSA) is 55.8 Å². The van der Waals surface area contributed by atoms with Gasteiger partial charge in [-0.25, -0.2) is 0 Å². The van der Waals surface area contributed by atoms with E-state index in [1.165, 1.54) is 0 Å². The Kier molecular flexibility index (Phi) is 5.86. The smallest absolute Gasteiger partial charge is 0.311 e. The minimum absolute atomic E-state index is 0.112. The molecule has 5 heteroatoms. The first-order valence-electron chi connectivity index (χ1n) is 9.80. The number of fused-ring (bicyclic) bond motifs is 1. The van der Waals surface area contributed by atoms with Crippen molar-refractivity contribution in [2.45, 2.75) is 12.5 Å². The van der Waals surface area contributed by atoms with Gasteiger partial charge >= 0.3 is 5.97 Å². The summed E-state index contributed by atoms with van der Waals surface area (Å²) in [6, 6.07) is 23.0. The average Bonchev–Trinajstić information content (AvgIpc) is 2.78. The Hall–Kier alpha value is -3.18. The first-order valence-corrected chi connectivity index (χ1v) is 9.80. The second-order valence-electron chi connectivity index (χ2n) is 7.03. The Balaban J connectivity index is 1.55. The van der Waals surface area contributed by atoms with Crippen LogP contribution in [0.1, 0.15) is 17.2 Å². The van der Waals surface area contributed by atoms with Gasteiger partial charge in [-0.05, 0) is 16.3 Å². The standard InChI is InChI=1S/C24H23NO4/c26-22(17-20-11-6-10-18-7-4-5-12-21(18)20)29-23(19-8-2-1-3-9-19)24(27)25-13-15-28-16-14-25/h1-12,23H,13-17H2/t23-/m1/s1. The van der Waals surface area contributed by atoms with E-state index in [1.54, 1.807) is 4.90 Å². The van der Waals surface area contributed by atoms with E-state index >= 15 is 0 Å². The van der Waals surface area contributed by atoms with E-state index in [0.717, 1.165) is 16.3 Å². The van der Waals surface area contributed by atoms with Crippen LogP contribution >= 0.6 is 0 Å². The summed E-state index contributed by atoms with van der Waals surface area (Å²) in [6.45, 7) is 2.00. The van der Waals surface area contributed by atoms with Crippen LogP contribution in [0.3, 0.4) is 0 Å². The molecule has 1 heterocycles. The third-order valence-electron chi connectivity index (χ3n) is 5.11. The Morgan fingerprint density at radius 1 is 0.897 bits per heavy atom. The van der Waals surface area contributed by atoms with Gasteiger partial charge < -0.3 is 14.4 Å². The SMILES string of the molecule is O=C(Cc1cccc2ccccc12)O[C@@H](C(=O)N1CCOCC1)c1ccccc1. The van der Waals surface area contributed by atoms with Gasteiger partial charge in [0.1, 0.15) is 0 Å². The highest BCUT2D eigenvalue weighted by atomic mass is 16.5. The molecule has 0 unspecified atom stereocenters. The molecule has 29 heavy (non-hydrogen) atoms. The second kappa shape index (κ2) is 8.88. The lowest BCUT2D eigenvalue weighted by atomic mass is 10.0. The molecule has 4 rings (SSSR count). The van der Waals surface area contributed by atoms with Gasteiger partial charge in [-0.1, -0.05) is 72.8 Å². The number of ether oxygens (including phenoxy) is 2. The number of rotatable bonds is 5. The maximum absolute atomic E-state index is 13.1. The fraction of sp³-hybridized carbons (Fsp3) is 0.250.